The lowest BCUT2D eigenvalue weighted by Gasteiger charge is -2.13. The van der Waals surface area contributed by atoms with Crippen molar-refractivity contribution >= 4 is 34.8 Å². The van der Waals surface area contributed by atoms with Crippen molar-refractivity contribution in [1.29, 1.82) is 0 Å². The van der Waals surface area contributed by atoms with Crippen LogP contribution in [0.3, 0.4) is 0 Å². The van der Waals surface area contributed by atoms with Crippen molar-refractivity contribution in [1.82, 2.24) is 4.90 Å². The number of carbonyl (C=O) groups is 1. The highest BCUT2D eigenvalue weighted by Crippen LogP contribution is 2.14. The van der Waals surface area contributed by atoms with Crippen LogP contribution in [-0.4, -0.2) is 30.9 Å². The van der Waals surface area contributed by atoms with Gasteiger partial charge in [0.25, 0.3) is 0 Å². The van der Waals surface area contributed by atoms with Crippen molar-refractivity contribution in [3.8, 4) is 0 Å². The van der Waals surface area contributed by atoms with E-state index in [0.29, 0.717) is 23.8 Å². The number of hydrogen-bond acceptors (Lipinski definition) is 2. The van der Waals surface area contributed by atoms with Crippen LogP contribution in [0.15, 0.2) is 35.9 Å². The molecule has 0 unspecified atom stereocenters. The summed E-state index contributed by atoms with van der Waals surface area (Å²) in [6.45, 7) is 0.931. The topological polar surface area (TPSA) is 32.3 Å². The molecule has 0 radical (unpaired) electrons. The van der Waals surface area contributed by atoms with Gasteiger partial charge in [0, 0.05) is 22.8 Å². The van der Waals surface area contributed by atoms with Gasteiger partial charge in [0.05, 0.1) is 6.54 Å². The Kier molecular flexibility index (Phi) is 6.05. The van der Waals surface area contributed by atoms with Gasteiger partial charge in [-0.3, -0.25) is 9.69 Å². The number of rotatable bonds is 5. The number of benzene rings is 1. The van der Waals surface area contributed by atoms with Crippen molar-refractivity contribution in [2.75, 3.05) is 25.5 Å². The summed E-state index contributed by atoms with van der Waals surface area (Å²) in [5, 5.41) is 3.37. The Hall–Kier alpha value is -1.03. The van der Waals surface area contributed by atoms with Crippen LogP contribution in [0.2, 0.25) is 5.02 Å². The molecule has 1 amide bonds. The minimum absolute atomic E-state index is 0.0854. The molecule has 0 heterocycles. The van der Waals surface area contributed by atoms with Crippen LogP contribution in [0, 0.1) is 0 Å². The van der Waals surface area contributed by atoms with E-state index in [2.05, 4.69) is 5.32 Å². The monoisotopic (exact) mass is 272 g/mol. The van der Waals surface area contributed by atoms with Gasteiger partial charge in [0.15, 0.2) is 0 Å². The van der Waals surface area contributed by atoms with Crippen molar-refractivity contribution in [2.24, 2.45) is 0 Å². The number of halogens is 2. The summed E-state index contributed by atoms with van der Waals surface area (Å²) in [6.07, 6.45) is 1.77. The Morgan fingerprint density at radius 3 is 2.94 bits per heavy atom. The third kappa shape index (κ3) is 5.73. The molecule has 5 heteroatoms. The van der Waals surface area contributed by atoms with Crippen molar-refractivity contribution in [2.45, 2.75) is 0 Å². The smallest absolute Gasteiger partial charge is 0.238 e. The van der Waals surface area contributed by atoms with Crippen LogP contribution < -0.4 is 5.32 Å². The van der Waals surface area contributed by atoms with Crippen LogP contribution in [0.4, 0.5) is 5.69 Å². The maximum Gasteiger partial charge on any atom is 0.238 e. The largest absolute Gasteiger partial charge is 0.325 e. The second-order valence-corrected chi connectivity index (χ2v) is 4.31. The lowest BCUT2D eigenvalue weighted by atomic mass is 10.3. The summed E-state index contributed by atoms with van der Waals surface area (Å²) in [4.78, 5) is 13.5. The Labute approximate surface area is 111 Å². The molecule has 1 rings (SSSR count). The number of carbonyl (C=O) groups excluding carboxylic acids is 1. The van der Waals surface area contributed by atoms with E-state index in [0.717, 1.165) is 0 Å². The second kappa shape index (κ2) is 7.33. The molecule has 0 aliphatic carbocycles. The van der Waals surface area contributed by atoms with Gasteiger partial charge in [-0.1, -0.05) is 35.3 Å². The van der Waals surface area contributed by atoms with Gasteiger partial charge >= 0.3 is 0 Å². The number of amides is 1. The first-order valence-electron chi connectivity index (χ1n) is 5.11. The van der Waals surface area contributed by atoms with Gasteiger partial charge in [0.1, 0.15) is 0 Å². The molecule has 92 valence electrons. The molecule has 0 saturated carbocycles. The van der Waals surface area contributed by atoms with Gasteiger partial charge < -0.3 is 5.32 Å². The zero-order valence-corrected chi connectivity index (χ0v) is 11.0. The Morgan fingerprint density at radius 1 is 1.53 bits per heavy atom. The molecule has 0 saturated heterocycles. The third-order valence-electron chi connectivity index (χ3n) is 2.03. The summed E-state index contributed by atoms with van der Waals surface area (Å²) in [6, 6.07) is 7.05. The zero-order chi connectivity index (χ0) is 12.7. The summed E-state index contributed by atoms with van der Waals surface area (Å²) in [5.74, 6) is -0.0854. The molecule has 0 atom stereocenters. The minimum atomic E-state index is -0.0854. The molecule has 1 N–H and O–H groups in total. The maximum absolute atomic E-state index is 11.6. The Morgan fingerprint density at radius 2 is 2.29 bits per heavy atom. The number of nitrogens with one attached hydrogen (secondary N) is 1. The predicted octanol–water partition coefficient (Wildman–Crippen LogP) is 2.96. The number of nitrogens with zero attached hydrogens (tertiary/aromatic N) is 1. The quantitative estimate of drug-likeness (QED) is 0.894. The zero-order valence-electron chi connectivity index (χ0n) is 9.49. The van der Waals surface area contributed by atoms with E-state index in [1.54, 1.807) is 30.3 Å². The maximum atomic E-state index is 11.6. The van der Waals surface area contributed by atoms with Crippen molar-refractivity contribution in [3.63, 3.8) is 0 Å². The van der Waals surface area contributed by atoms with Crippen LogP contribution in [-0.2, 0) is 4.79 Å². The Bertz CT molecular complexity index is 407. The number of likely N-dealkylation sites (N-methyl/N-ethyl adjacent to an activating group) is 1. The number of anilines is 1. The average molecular weight is 273 g/mol. The molecule has 0 bridgehead atoms. The van der Waals surface area contributed by atoms with E-state index >= 15 is 0 Å². The highest BCUT2D eigenvalue weighted by atomic mass is 35.5. The molecule has 17 heavy (non-hydrogen) atoms. The standard InChI is InChI=1S/C12H14Cl2N2O/c1-16(7-3-6-13)9-12(17)15-11-5-2-4-10(14)8-11/h2-6,8H,7,9H2,1H3,(H,15,17)/b6-3+. The lowest BCUT2D eigenvalue weighted by molar-refractivity contribution is -0.116. The molecular formula is C12H14Cl2N2O. The van der Waals surface area contributed by atoms with E-state index in [1.807, 2.05) is 11.9 Å². The van der Waals surface area contributed by atoms with Crippen LogP contribution >= 0.6 is 23.2 Å². The molecule has 0 aromatic heterocycles. The van der Waals surface area contributed by atoms with Crippen molar-refractivity contribution in [3.05, 3.63) is 40.9 Å². The van der Waals surface area contributed by atoms with Gasteiger partial charge in [-0.25, -0.2) is 0 Å². The van der Waals surface area contributed by atoms with Gasteiger partial charge in [-0.2, -0.15) is 0 Å². The molecule has 0 spiro atoms. The SMILES string of the molecule is CN(C/C=C/Cl)CC(=O)Nc1cccc(Cl)c1. The average Bonchev–Trinajstić information content (AvgIpc) is 2.26. The molecule has 0 aliphatic heterocycles. The number of hydrogen-bond donors (Lipinski definition) is 1. The van der Waals surface area contributed by atoms with Crippen LogP contribution in [0.5, 0.6) is 0 Å². The van der Waals surface area contributed by atoms with E-state index in [1.165, 1.54) is 5.54 Å². The molecule has 1 aromatic rings. The minimum Gasteiger partial charge on any atom is -0.325 e. The highest BCUT2D eigenvalue weighted by Gasteiger charge is 2.05. The fourth-order valence-electron chi connectivity index (χ4n) is 1.30. The first kappa shape index (κ1) is 14.0. The summed E-state index contributed by atoms with van der Waals surface area (Å²) in [5.41, 5.74) is 2.13. The van der Waals surface area contributed by atoms with Crippen molar-refractivity contribution < 1.29 is 4.79 Å². The van der Waals surface area contributed by atoms with E-state index < -0.39 is 0 Å². The molecule has 0 aliphatic rings. The lowest BCUT2D eigenvalue weighted by Crippen LogP contribution is -2.30. The highest BCUT2D eigenvalue weighted by molar-refractivity contribution is 6.30. The third-order valence-corrected chi connectivity index (χ3v) is 2.44. The van der Waals surface area contributed by atoms with E-state index in [4.69, 9.17) is 23.2 Å². The van der Waals surface area contributed by atoms with Gasteiger partial charge in [0.2, 0.25) is 5.91 Å². The molecular weight excluding hydrogens is 259 g/mol. The second-order valence-electron chi connectivity index (χ2n) is 3.62. The summed E-state index contributed by atoms with van der Waals surface area (Å²) >= 11 is 11.2. The Balaban J connectivity index is 2.44. The van der Waals surface area contributed by atoms with E-state index in [9.17, 15) is 4.79 Å². The molecule has 1 aromatic carbocycles. The van der Waals surface area contributed by atoms with Crippen LogP contribution in [0.25, 0.3) is 0 Å². The van der Waals surface area contributed by atoms with Gasteiger partial charge in [-0.05, 0) is 25.2 Å². The normalized spacial score (nSPS) is 11.1. The first-order chi connectivity index (χ1) is 8.11. The molecule has 0 fully saturated rings. The van der Waals surface area contributed by atoms with E-state index in [-0.39, 0.29) is 5.91 Å². The fraction of sp³-hybridized carbons (Fsp3) is 0.250. The predicted molar refractivity (Wildman–Crippen MR) is 72.6 cm³/mol. The first-order valence-corrected chi connectivity index (χ1v) is 5.92. The fourth-order valence-corrected chi connectivity index (χ4v) is 1.57. The summed E-state index contributed by atoms with van der Waals surface area (Å²) in [7, 11) is 1.84. The van der Waals surface area contributed by atoms with Gasteiger partial charge in [-0.15, -0.1) is 0 Å². The van der Waals surface area contributed by atoms with Crippen LogP contribution in [0.1, 0.15) is 0 Å². The molecule has 3 nitrogen and oxygen atoms in total. The summed E-state index contributed by atoms with van der Waals surface area (Å²) < 4.78 is 0.